The number of hydrogen-bond donors (Lipinski definition) is 2. The van der Waals surface area contributed by atoms with Crippen LogP contribution in [0.3, 0.4) is 0 Å². The normalized spacial score (nSPS) is 13.6. The topological polar surface area (TPSA) is 79.0 Å². The van der Waals surface area contributed by atoms with Gasteiger partial charge in [-0.25, -0.2) is 0 Å². The van der Waals surface area contributed by atoms with Crippen LogP contribution in [0, 0.1) is 0 Å². The number of nitrogens with one attached hydrogen (secondary N) is 2. The summed E-state index contributed by atoms with van der Waals surface area (Å²) in [7, 11) is 0. The smallest absolute Gasteiger partial charge is 0.215 e. The maximum Gasteiger partial charge on any atom is 0.215 e. The second kappa shape index (κ2) is 5.31. The first kappa shape index (κ1) is 14.1. The lowest BCUT2D eigenvalue weighted by Crippen LogP contribution is -2.29. The number of carbonyl (C=O) groups excluding carboxylic acids is 2. The first-order chi connectivity index (χ1) is 11.6. The van der Waals surface area contributed by atoms with Gasteiger partial charge < -0.3 is 10.3 Å². The Kier molecular flexibility index (Phi) is 3.13. The molecule has 0 saturated carbocycles. The van der Waals surface area contributed by atoms with Crippen molar-refractivity contribution in [3.05, 3.63) is 87.9 Å². The van der Waals surface area contributed by atoms with Crippen molar-refractivity contribution in [2.75, 3.05) is 5.32 Å². The van der Waals surface area contributed by atoms with Crippen molar-refractivity contribution in [2.45, 2.75) is 0 Å². The summed E-state index contributed by atoms with van der Waals surface area (Å²) in [6.07, 6.45) is 1.22. The van der Waals surface area contributed by atoms with Gasteiger partial charge in [0.05, 0.1) is 11.3 Å². The minimum Gasteiger partial charge on any atom is -0.352 e. The van der Waals surface area contributed by atoms with Crippen molar-refractivity contribution in [3.8, 4) is 0 Å². The number of hydrogen-bond acceptors (Lipinski definition) is 4. The van der Waals surface area contributed by atoms with Gasteiger partial charge in [-0.1, -0.05) is 30.3 Å². The quantitative estimate of drug-likeness (QED) is 0.762. The third kappa shape index (κ3) is 2.14. The molecule has 0 bridgehead atoms. The predicted molar refractivity (Wildman–Crippen MR) is 91.4 cm³/mol. The molecule has 1 aliphatic carbocycles. The van der Waals surface area contributed by atoms with Crippen LogP contribution in [-0.4, -0.2) is 16.6 Å². The molecule has 1 heterocycles. The van der Waals surface area contributed by atoms with Crippen LogP contribution in [0.25, 0.3) is 10.9 Å². The molecule has 116 valence electrons. The number of allylic oxidation sites excluding steroid dienone is 2. The van der Waals surface area contributed by atoms with E-state index >= 15 is 0 Å². The maximum absolute atomic E-state index is 12.7. The van der Waals surface area contributed by atoms with Crippen LogP contribution < -0.4 is 10.7 Å². The molecule has 0 unspecified atom stereocenters. The average molecular weight is 316 g/mol. The van der Waals surface area contributed by atoms with E-state index in [4.69, 9.17) is 0 Å². The minimum absolute atomic E-state index is 0.0438. The fourth-order valence-corrected chi connectivity index (χ4v) is 2.81. The largest absolute Gasteiger partial charge is 0.352 e. The molecule has 0 fully saturated rings. The van der Waals surface area contributed by atoms with Gasteiger partial charge in [0.25, 0.3) is 0 Å². The van der Waals surface area contributed by atoms with Crippen LogP contribution in [0.1, 0.15) is 20.8 Å². The van der Waals surface area contributed by atoms with E-state index in [1.54, 1.807) is 36.4 Å². The van der Waals surface area contributed by atoms with Crippen molar-refractivity contribution in [1.29, 1.82) is 0 Å². The lowest BCUT2D eigenvalue weighted by molar-refractivity contribution is 0.0981. The molecule has 24 heavy (non-hydrogen) atoms. The molecule has 2 N–H and O–H groups in total. The first-order valence-corrected chi connectivity index (χ1v) is 7.43. The van der Waals surface area contributed by atoms with Crippen LogP contribution in [-0.2, 0) is 0 Å². The molecule has 3 aromatic rings. The second-order valence-electron chi connectivity index (χ2n) is 5.49. The Bertz CT molecular complexity index is 1080. The van der Waals surface area contributed by atoms with Crippen LogP contribution >= 0.6 is 0 Å². The highest BCUT2D eigenvalue weighted by Crippen LogP contribution is 2.21. The van der Waals surface area contributed by atoms with Crippen molar-refractivity contribution in [2.24, 2.45) is 0 Å². The van der Waals surface area contributed by atoms with Gasteiger partial charge in [-0.15, -0.1) is 0 Å². The van der Waals surface area contributed by atoms with Gasteiger partial charge in [0.15, 0.2) is 0 Å². The summed E-state index contributed by atoms with van der Waals surface area (Å²) in [5, 5.41) is 3.30. The van der Waals surface area contributed by atoms with Gasteiger partial charge >= 0.3 is 0 Å². The zero-order valence-electron chi connectivity index (χ0n) is 12.5. The van der Waals surface area contributed by atoms with E-state index in [1.807, 2.05) is 18.2 Å². The Morgan fingerprint density at radius 3 is 2.33 bits per heavy atom. The number of Topliss-reactive ketones (excluding diaryl/α,β-unsaturated/α-hetero) is 1. The van der Waals surface area contributed by atoms with Gasteiger partial charge in [-0.2, -0.15) is 0 Å². The monoisotopic (exact) mass is 316 g/mol. The average Bonchev–Trinajstić information content (AvgIpc) is 2.60. The number of aromatic nitrogens is 1. The van der Waals surface area contributed by atoms with E-state index in [-0.39, 0.29) is 17.0 Å². The van der Waals surface area contributed by atoms with E-state index < -0.39 is 17.0 Å². The fraction of sp³-hybridized carbons (Fsp3) is 0. The van der Waals surface area contributed by atoms with Gasteiger partial charge in [-0.05, 0) is 24.3 Å². The maximum atomic E-state index is 12.7. The number of carbonyl (C=O) groups is 2. The number of rotatable bonds is 2. The molecule has 0 radical (unpaired) electrons. The third-order valence-corrected chi connectivity index (χ3v) is 3.95. The van der Waals surface area contributed by atoms with Crippen molar-refractivity contribution in [1.82, 2.24) is 4.98 Å². The van der Waals surface area contributed by atoms with Crippen molar-refractivity contribution >= 4 is 28.2 Å². The summed E-state index contributed by atoms with van der Waals surface area (Å²) in [5.74, 6) is -0.883. The van der Waals surface area contributed by atoms with E-state index in [1.165, 1.54) is 6.08 Å². The number of para-hydroxylation sites is 2. The number of anilines is 1. The predicted octanol–water partition coefficient (Wildman–Crippen LogP) is 2.90. The summed E-state index contributed by atoms with van der Waals surface area (Å²) in [5.41, 5.74) is 0.806. The number of ketones is 2. The molecule has 5 nitrogen and oxygen atoms in total. The van der Waals surface area contributed by atoms with Crippen molar-refractivity contribution < 1.29 is 9.59 Å². The van der Waals surface area contributed by atoms with E-state index in [0.29, 0.717) is 16.6 Å². The van der Waals surface area contributed by atoms with Crippen molar-refractivity contribution in [3.63, 3.8) is 0 Å². The molecule has 5 heteroatoms. The molecule has 0 saturated heterocycles. The Morgan fingerprint density at radius 1 is 0.833 bits per heavy atom. The van der Waals surface area contributed by atoms with Crippen LogP contribution in [0.15, 0.2) is 71.2 Å². The lowest BCUT2D eigenvalue weighted by atomic mass is 9.94. The number of benzene rings is 2. The van der Waals surface area contributed by atoms with Gasteiger partial charge in [0, 0.05) is 22.7 Å². The fourth-order valence-electron chi connectivity index (χ4n) is 2.81. The molecule has 0 aliphatic heterocycles. The van der Waals surface area contributed by atoms with Gasteiger partial charge in [-0.3, -0.25) is 14.4 Å². The summed E-state index contributed by atoms with van der Waals surface area (Å²) in [6.45, 7) is 0. The number of aromatic amines is 1. The third-order valence-electron chi connectivity index (χ3n) is 3.95. The second-order valence-corrected chi connectivity index (χ2v) is 5.49. The number of H-pyrrole nitrogens is 1. The summed E-state index contributed by atoms with van der Waals surface area (Å²) < 4.78 is 0. The van der Waals surface area contributed by atoms with Crippen LogP contribution in [0.2, 0.25) is 0 Å². The number of pyridine rings is 1. The standard InChI is InChI=1S/C19H12N2O3/c22-15-10-14(20-11-6-2-1-3-7-11)19(24)16-17(15)21-13-9-5-4-8-12(13)18(16)23/h1-10,20H,(H,21,23). The van der Waals surface area contributed by atoms with Crippen LogP contribution in [0.5, 0.6) is 0 Å². The lowest BCUT2D eigenvalue weighted by Gasteiger charge is -2.16. The molecule has 0 spiro atoms. The molecule has 0 amide bonds. The van der Waals surface area contributed by atoms with E-state index in [9.17, 15) is 14.4 Å². The summed E-state index contributed by atoms with van der Waals surface area (Å²) in [4.78, 5) is 40.7. The summed E-state index contributed by atoms with van der Waals surface area (Å²) in [6, 6.07) is 15.8. The van der Waals surface area contributed by atoms with Gasteiger partial charge in [0.1, 0.15) is 5.69 Å². The first-order valence-electron chi connectivity index (χ1n) is 7.43. The summed E-state index contributed by atoms with van der Waals surface area (Å²) >= 11 is 0. The molecule has 2 aromatic carbocycles. The molecular formula is C19H12N2O3. The Hall–Kier alpha value is -3.47. The van der Waals surface area contributed by atoms with Crippen LogP contribution in [0.4, 0.5) is 5.69 Å². The highest BCUT2D eigenvalue weighted by Gasteiger charge is 2.30. The Labute approximate surface area is 136 Å². The molecule has 1 aliphatic rings. The molecular weight excluding hydrogens is 304 g/mol. The molecule has 1 aromatic heterocycles. The Balaban J connectivity index is 1.87. The molecule has 4 rings (SSSR count). The van der Waals surface area contributed by atoms with E-state index in [0.717, 1.165) is 0 Å². The van der Waals surface area contributed by atoms with Gasteiger partial charge in [0.2, 0.25) is 17.0 Å². The zero-order chi connectivity index (χ0) is 16.7. The number of fused-ring (bicyclic) bond motifs is 2. The minimum atomic E-state index is -0.486. The highest BCUT2D eigenvalue weighted by atomic mass is 16.1. The molecule has 0 atom stereocenters. The SMILES string of the molecule is O=C1C=C(Nc2ccccc2)C(=O)c2c1[nH]c1ccccc1c2=O. The van der Waals surface area contributed by atoms with E-state index in [2.05, 4.69) is 10.3 Å². The highest BCUT2D eigenvalue weighted by molar-refractivity contribution is 6.25. The zero-order valence-corrected chi connectivity index (χ0v) is 12.5. The Morgan fingerprint density at radius 2 is 1.54 bits per heavy atom.